The molecule has 9 heteroatoms. The number of ether oxygens (including phenoxy) is 2. The van der Waals surface area contributed by atoms with Gasteiger partial charge in [-0.25, -0.2) is 17.6 Å². The molecule has 3 aromatic rings. The highest BCUT2D eigenvalue weighted by atomic mass is 35.5. The lowest BCUT2D eigenvalue weighted by Gasteiger charge is -2.24. The van der Waals surface area contributed by atoms with E-state index in [-0.39, 0.29) is 22.0 Å². The van der Waals surface area contributed by atoms with Crippen molar-refractivity contribution in [2.75, 3.05) is 18.0 Å². The molecule has 0 unspecified atom stereocenters. The molecule has 0 aliphatic heterocycles. The molecular formula is C24H23ClFNO5S. The van der Waals surface area contributed by atoms with Crippen molar-refractivity contribution in [2.45, 2.75) is 25.7 Å². The zero-order chi connectivity index (χ0) is 24.3. The van der Waals surface area contributed by atoms with Crippen LogP contribution in [0.4, 0.5) is 10.1 Å². The topological polar surface area (TPSA) is 72.9 Å². The van der Waals surface area contributed by atoms with Gasteiger partial charge in [0.25, 0.3) is 10.0 Å². The van der Waals surface area contributed by atoms with E-state index in [1.165, 1.54) is 41.7 Å². The van der Waals surface area contributed by atoms with Crippen LogP contribution in [0.2, 0.25) is 5.02 Å². The van der Waals surface area contributed by atoms with Crippen LogP contribution < -0.4 is 9.04 Å². The fraction of sp³-hybridized carbons (Fsp3) is 0.208. The summed E-state index contributed by atoms with van der Waals surface area (Å²) < 4.78 is 51.9. The third kappa shape index (κ3) is 5.12. The normalized spacial score (nSPS) is 11.2. The molecule has 0 N–H and O–H groups in total. The van der Waals surface area contributed by atoms with E-state index < -0.39 is 21.8 Å². The van der Waals surface area contributed by atoms with Crippen LogP contribution in [0.3, 0.4) is 0 Å². The average molecular weight is 492 g/mol. The van der Waals surface area contributed by atoms with E-state index in [0.717, 1.165) is 0 Å². The Kier molecular flexibility index (Phi) is 7.29. The number of sulfonamides is 1. The largest absolute Gasteiger partial charge is 0.465 e. The molecule has 0 radical (unpaired) electrons. The highest BCUT2D eigenvalue weighted by molar-refractivity contribution is 7.92. The molecule has 0 saturated carbocycles. The van der Waals surface area contributed by atoms with Crippen molar-refractivity contribution in [3.63, 3.8) is 0 Å². The van der Waals surface area contributed by atoms with Crippen molar-refractivity contribution >= 4 is 33.3 Å². The molecule has 3 rings (SSSR count). The van der Waals surface area contributed by atoms with Crippen LogP contribution in [0.25, 0.3) is 0 Å². The van der Waals surface area contributed by atoms with Gasteiger partial charge in [-0.15, -0.1) is 0 Å². The number of halogens is 2. The quantitative estimate of drug-likeness (QED) is 0.385. The lowest BCUT2D eigenvalue weighted by atomic mass is 10.0. The summed E-state index contributed by atoms with van der Waals surface area (Å²) in [7, 11) is -2.71. The molecule has 0 fully saturated rings. The zero-order valence-corrected chi connectivity index (χ0v) is 20.1. The van der Waals surface area contributed by atoms with E-state index >= 15 is 0 Å². The molecule has 0 amide bonds. The average Bonchev–Trinajstić information content (AvgIpc) is 2.79. The van der Waals surface area contributed by atoms with Crippen molar-refractivity contribution in [1.82, 2.24) is 0 Å². The number of aryl methyl sites for hydroxylation is 1. The number of hydrogen-bond acceptors (Lipinski definition) is 5. The minimum atomic E-state index is -3.96. The lowest BCUT2D eigenvalue weighted by molar-refractivity contribution is 0.0599. The first-order valence-electron chi connectivity index (χ1n) is 10.0. The molecule has 33 heavy (non-hydrogen) atoms. The van der Waals surface area contributed by atoms with Gasteiger partial charge in [-0.3, -0.25) is 4.31 Å². The third-order valence-corrected chi connectivity index (χ3v) is 7.34. The number of carbonyl (C=O) groups excluding carboxylic acids is 1. The number of anilines is 1. The first-order chi connectivity index (χ1) is 15.6. The van der Waals surface area contributed by atoms with Gasteiger partial charge in [0.15, 0.2) is 0 Å². The van der Waals surface area contributed by atoms with Crippen molar-refractivity contribution in [1.29, 1.82) is 0 Å². The Balaban J connectivity index is 1.92. The van der Waals surface area contributed by atoms with Gasteiger partial charge in [-0.1, -0.05) is 11.6 Å². The Morgan fingerprint density at radius 2 is 1.67 bits per heavy atom. The molecule has 0 atom stereocenters. The van der Waals surface area contributed by atoms with E-state index in [9.17, 15) is 17.6 Å². The first kappa shape index (κ1) is 24.5. The van der Waals surface area contributed by atoms with Crippen LogP contribution in [-0.2, 0) is 14.8 Å². The molecule has 0 saturated heterocycles. The van der Waals surface area contributed by atoms with Crippen molar-refractivity contribution in [3.05, 3.63) is 82.1 Å². The summed E-state index contributed by atoms with van der Waals surface area (Å²) in [6.45, 7) is 5.36. The van der Waals surface area contributed by atoms with Gasteiger partial charge in [0, 0.05) is 12.6 Å². The van der Waals surface area contributed by atoms with Crippen LogP contribution in [0.1, 0.15) is 28.4 Å². The highest BCUT2D eigenvalue weighted by Crippen LogP contribution is 2.30. The fourth-order valence-electron chi connectivity index (χ4n) is 3.27. The molecular weight excluding hydrogens is 469 g/mol. The predicted octanol–water partition coefficient (Wildman–Crippen LogP) is 5.89. The van der Waals surface area contributed by atoms with Gasteiger partial charge in [0.1, 0.15) is 17.3 Å². The Morgan fingerprint density at radius 3 is 2.24 bits per heavy atom. The predicted molar refractivity (Wildman–Crippen MR) is 125 cm³/mol. The summed E-state index contributed by atoms with van der Waals surface area (Å²) in [5.41, 5.74) is 1.94. The van der Waals surface area contributed by atoms with Crippen LogP contribution in [0.15, 0.2) is 59.5 Å². The van der Waals surface area contributed by atoms with Gasteiger partial charge in [0.05, 0.1) is 28.3 Å². The molecule has 0 bridgehead atoms. The standard InChI is InChI=1S/C24H23ClFNO5S/c1-5-27(33(29,30)20-12-15(2)16(3)21(14-20)24(28)31-4)17-6-8-18(9-7-17)32-19-10-11-23(26)22(25)13-19/h6-14H,5H2,1-4H3. The van der Waals surface area contributed by atoms with Gasteiger partial charge in [-0.2, -0.15) is 0 Å². The van der Waals surface area contributed by atoms with E-state index in [1.807, 2.05) is 0 Å². The number of hydrogen-bond donors (Lipinski definition) is 0. The van der Waals surface area contributed by atoms with E-state index in [2.05, 4.69) is 0 Å². The lowest BCUT2D eigenvalue weighted by Crippen LogP contribution is -2.31. The maximum Gasteiger partial charge on any atom is 0.338 e. The summed E-state index contributed by atoms with van der Waals surface area (Å²) in [4.78, 5) is 12.1. The molecule has 0 heterocycles. The number of carbonyl (C=O) groups is 1. The summed E-state index contributed by atoms with van der Waals surface area (Å²) in [5, 5.41) is -0.0629. The Bertz CT molecular complexity index is 1290. The molecule has 6 nitrogen and oxygen atoms in total. The zero-order valence-electron chi connectivity index (χ0n) is 18.6. The van der Waals surface area contributed by atoms with E-state index in [4.69, 9.17) is 21.1 Å². The van der Waals surface area contributed by atoms with Crippen LogP contribution in [-0.4, -0.2) is 28.0 Å². The van der Waals surface area contributed by atoms with E-state index in [0.29, 0.717) is 28.3 Å². The number of esters is 1. The number of rotatable bonds is 7. The van der Waals surface area contributed by atoms with Gasteiger partial charge in [-0.05, 0) is 80.4 Å². The number of methoxy groups -OCH3 is 1. The highest BCUT2D eigenvalue weighted by Gasteiger charge is 2.26. The summed E-state index contributed by atoms with van der Waals surface area (Å²) >= 11 is 5.78. The van der Waals surface area contributed by atoms with Gasteiger partial charge >= 0.3 is 5.97 Å². The van der Waals surface area contributed by atoms with Gasteiger partial charge < -0.3 is 9.47 Å². The van der Waals surface area contributed by atoms with Crippen molar-refractivity contribution in [3.8, 4) is 11.5 Å². The maximum atomic E-state index is 13.4. The first-order valence-corrected chi connectivity index (χ1v) is 11.9. The second-order valence-electron chi connectivity index (χ2n) is 7.25. The van der Waals surface area contributed by atoms with Crippen molar-refractivity contribution < 1.29 is 27.1 Å². The summed E-state index contributed by atoms with van der Waals surface area (Å²) in [6.07, 6.45) is 0. The van der Waals surface area contributed by atoms with Gasteiger partial charge in [0.2, 0.25) is 0 Å². The maximum absolute atomic E-state index is 13.4. The Morgan fingerprint density at radius 1 is 1.03 bits per heavy atom. The minimum Gasteiger partial charge on any atom is -0.465 e. The fourth-order valence-corrected chi connectivity index (χ4v) is 5.03. The molecule has 174 valence electrons. The van der Waals surface area contributed by atoms with Crippen molar-refractivity contribution in [2.24, 2.45) is 0 Å². The van der Waals surface area contributed by atoms with Crippen LogP contribution >= 0.6 is 11.6 Å². The van der Waals surface area contributed by atoms with E-state index in [1.54, 1.807) is 45.0 Å². The monoisotopic (exact) mass is 491 g/mol. The molecule has 0 aromatic heterocycles. The summed E-state index contributed by atoms with van der Waals surface area (Å²) in [6, 6.07) is 13.3. The minimum absolute atomic E-state index is 0.00543. The summed E-state index contributed by atoms with van der Waals surface area (Å²) in [5.74, 6) is -0.378. The molecule has 0 aliphatic carbocycles. The Labute approximate surface area is 197 Å². The second kappa shape index (κ2) is 9.80. The number of benzene rings is 3. The van der Waals surface area contributed by atoms with Crippen LogP contribution in [0, 0.1) is 19.7 Å². The second-order valence-corrected chi connectivity index (χ2v) is 9.52. The molecule has 0 spiro atoms. The number of nitrogens with zero attached hydrogens (tertiary/aromatic N) is 1. The van der Waals surface area contributed by atoms with Crippen LogP contribution in [0.5, 0.6) is 11.5 Å². The molecule has 0 aliphatic rings. The molecule has 3 aromatic carbocycles. The third-order valence-electron chi connectivity index (χ3n) is 5.17. The Hall–Kier alpha value is -3.10. The smallest absolute Gasteiger partial charge is 0.338 e. The SMILES string of the molecule is CCN(c1ccc(Oc2ccc(F)c(Cl)c2)cc1)S(=O)(=O)c1cc(C)c(C)c(C(=O)OC)c1.